The highest BCUT2D eigenvalue weighted by molar-refractivity contribution is 6.02. The van der Waals surface area contributed by atoms with E-state index in [0.717, 1.165) is 0 Å². The van der Waals surface area contributed by atoms with Crippen LogP contribution in [-0.4, -0.2) is 11.8 Å². The van der Waals surface area contributed by atoms with Crippen molar-refractivity contribution in [1.82, 2.24) is 0 Å². The van der Waals surface area contributed by atoms with Gasteiger partial charge in [0.15, 0.2) is 23.1 Å². The quantitative estimate of drug-likeness (QED) is 0.449. The molecule has 0 fully saturated rings. The summed E-state index contributed by atoms with van der Waals surface area (Å²) in [5, 5.41) is 5.13. The Morgan fingerprint density at radius 1 is 0.900 bits per heavy atom. The number of halogens is 4. The van der Waals surface area contributed by atoms with E-state index in [4.69, 9.17) is 9.15 Å². The van der Waals surface area contributed by atoms with Crippen molar-refractivity contribution < 1.29 is 36.3 Å². The molecule has 30 heavy (non-hydrogen) atoms. The maximum atomic E-state index is 13.6. The third-order valence-electron chi connectivity index (χ3n) is 3.78. The predicted octanol–water partition coefficient (Wildman–Crippen LogP) is 4.63. The maximum absolute atomic E-state index is 13.6. The van der Waals surface area contributed by atoms with Crippen molar-refractivity contribution in [3.05, 3.63) is 77.3 Å². The lowest BCUT2D eigenvalue weighted by Gasteiger charge is -2.08. The Balaban J connectivity index is 1.64. The van der Waals surface area contributed by atoms with Crippen molar-refractivity contribution in [2.75, 3.05) is 10.6 Å². The van der Waals surface area contributed by atoms with E-state index < -0.39 is 41.5 Å². The molecule has 2 amide bonds. The normalized spacial score (nSPS) is 10.6. The van der Waals surface area contributed by atoms with Crippen LogP contribution in [0.2, 0.25) is 0 Å². The van der Waals surface area contributed by atoms with Crippen LogP contribution in [0.5, 0.6) is 5.75 Å². The van der Waals surface area contributed by atoms with Crippen LogP contribution in [0, 0.1) is 23.3 Å². The first-order chi connectivity index (χ1) is 14.2. The number of anilines is 2. The summed E-state index contributed by atoms with van der Waals surface area (Å²) in [7, 11) is 0. The lowest BCUT2D eigenvalue weighted by atomic mass is 10.2. The van der Waals surface area contributed by atoms with Crippen LogP contribution in [0.25, 0.3) is 0 Å². The number of nitrogens with one attached hydrogen (secondary N) is 2. The van der Waals surface area contributed by atoms with Crippen molar-refractivity contribution in [2.24, 2.45) is 0 Å². The molecule has 3 aromatic rings. The number of amides is 2. The molecule has 2 N–H and O–H groups in total. The zero-order valence-corrected chi connectivity index (χ0v) is 15.4. The lowest BCUT2D eigenvalue weighted by Crippen LogP contribution is -2.11. The number of hydrogen-bond acceptors (Lipinski definition) is 4. The molecular formula is C20H14F4N2O4. The van der Waals surface area contributed by atoms with Crippen molar-refractivity contribution >= 4 is 23.2 Å². The summed E-state index contributed by atoms with van der Waals surface area (Å²) in [5.74, 6) is -8.80. The van der Waals surface area contributed by atoms with Crippen LogP contribution < -0.4 is 15.4 Å². The van der Waals surface area contributed by atoms with Gasteiger partial charge in [-0.3, -0.25) is 9.59 Å². The Morgan fingerprint density at radius 3 is 2.03 bits per heavy atom. The van der Waals surface area contributed by atoms with Crippen LogP contribution in [0.3, 0.4) is 0 Å². The number of rotatable bonds is 6. The second-order valence-corrected chi connectivity index (χ2v) is 6.06. The van der Waals surface area contributed by atoms with Crippen molar-refractivity contribution in [3.63, 3.8) is 0 Å². The number of benzene rings is 2. The van der Waals surface area contributed by atoms with Gasteiger partial charge in [-0.25, -0.2) is 8.78 Å². The number of ether oxygens (including phenoxy) is 1. The molecule has 0 aliphatic carbocycles. The minimum Gasteiger partial charge on any atom is -0.479 e. The van der Waals surface area contributed by atoms with Crippen LogP contribution in [0.4, 0.5) is 28.9 Å². The van der Waals surface area contributed by atoms with E-state index in [0.29, 0.717) is 11.4 Å². The summed E-state index contributed by atoms with van der Waals surface area (Å²) in [6.07, 6.45) is 0. The van der Waals surface area contributed by atoms with Gasteiger partial charge in [0.1, 0.15) is 12.4 Å². The van der Waals surface area contributed by atoms with Crippen LogP contribution in [0.15, 0.2) is 46.9 Å². The number of carbonyl (C=O) groups is 2. The summed E-state index contributed by atoms with van der Waals surface area (Å²) in [6, 6.07) is 8.94. The second-order valence-electron chi connectivity index (χ2n) is 6.06. The summed E-state index contributed by atoms with van der Waals surface area (Å²) in [5.41, 5.74) is 0.967. The summed E-state index contributed by atoms with van der Waals surface area (Å²) in [6.45, 7) is 0.789. The Hall–Kier alpha value is -3.82. The highest BCUT2D eigenvalue weighted by atomic mass is 19.2. The fraction of sp³-hybridized carbons (Fsp3) is 0.100. The number of furan rings is 1. The van der Waals surface area contributed by atoms with E-state index in [1.807, 2.05) is 0 Å². The molecule has 0 atom stereocenters. The van der Waals surface area contributed by atoms with E-state index >= 15 is 0 Å². The average Bonchev–Trinajstić information content (AvgIpc) is 3.17. The third kappa shape index (κ3) is 4.77. The summed E-state index contributed by atoms with van der Waals surface area (Å²) >= 11 is 0. The van der Waals surface area contributed by atoms with Gasteiger partial charge in [0, 0.05) is 24.4 Å². The molecule has 10 heteroatoms. The first-order valence-corrected chi connectivity index (χ1v) is 8.48. The molecule has 1 heterocycles. The summed E-state index contributed by atoms with van der Waals surface area (Å²) in [4.78, 5) is 23.2. The molecule has 0 spiro atoms. The Kier molecular flexibility index (Phi) is 6.05. The van der Waals surface area contributed by atoms with Crippen LogP contribution in [0.1, 0.15) is 23.2 Å². The molecule has 0 bridgehead atoms. The van der Waals surface area contributed by atoms with Crippen LogP contribution in [-0.2, 0) is 11.4 Å². The van der Waals surface area contributed by atoms with E-state index in [-0.39, 0.29) is 23.5 Å². The van der Waals surface area contributed by atoms with E-state index in [9.17, 15) is 27.2 Å². The van der Waals surface area contributed by atoms with Gasteiger partial charge in [-0.2, -0.15) is 8.78 Å². The van der Waals surface area contributed by atoms with Crippen molar-refractivity contribution in [3.8, 4) is 5.75 Å². The number of carbonyl (C=O) groups excluding carboxylic acids is 2. The smallest absolute Gasteiger partial charge is 0.291 e. The fourth-order valence-corrected chi connectivity index (χ4v) is 2.43. The zero-order chi connectivity index (χ0) is 21.8. The minimum atomic E-state index is -1.68. The van der Waals surface area contributed by atoms with Crippen molar-refractivity contribution in [2.45, 2.75) is 13.5 Å². The largest absolute Gasteiger partial charge is 0.479 e. The molecule has 156 valence electrons. The zero-order valence-electron chi connectivity index (χ0n) is 15.4. The molecule has 0 unspecified atom stereocenters. The molecule has 1 aromatic heterocycles. The number of hydrogen-bond donors (Lipinski definition) is 2. The van der Waals surface area contributed by atoms with Crippen molar-refractivity contribution in [1.29, 1.82) is 0 Å². The van der Waals surface area contributed by atoms with Gasteiger partial charge in [-0.15, -0.1) is 0 Å². The Labute approximate surface area is 167 Å². The first kappa shape index (κ1) is 20.9. The Morgan fingerprint density at radius 2 is 1.47 bits per heavy atom. The SMILES string of the molecule is CC(=O)Nc1ccc(NC(=O)c2ccc(COc3c(F)c(F)cc(F)c3F)o2)cc1. The second kappa shape index (κ2) is 8.68. The van der Waals surface area contributed by atoms with Gasteiger partial charge in [0.2, 0.25) is 17.5 Å². The van der Waals surface area contributed by atoms with Gasteiger partial charge < -0.3 is 19.8 Å². The summed E-state index contributed by atoms with van der Waals surface area (Å²) < 4.78 is 63.6. The monoisotopic (exact) mass is 422 g/mol. The van der Waals surface area contributed by atoms with E-state index in [1.54, 1.807) is 24.3 Å². The van der Waals surface area contributed by atoms with Gasteiger partial charge in [0.05, 0.1) is 0 Å². The highest BCUT2D eigenvalue weighted by Gasteiger charge is 2.21. The Bertz CT molecular complexity index is 1070. The van der Waals surface area contributed by atoms with E-state index in [2.05, 4.69) is 10.6 Å². The molecule has 6 nitrogen and oxygen atoms in total. The lowest BCUT2D eigenvalue weighted by molar-refractivity contribution is -0.114. The molecule has 3 rings (SSSR count). The molecular weight excluding hydrogens is 408 g/mol. The van der Waals surface area contributed by atoms with Gasteiger partial charge in [-0.1, -0.05) is 0 Å². The molecule has 0 aliphatic rings. The third-order valence-corrected chi connectivity index (χ3v) is 3.78. The predicted molar refractivity (Wildman–Crippen MR) is 98.0 cm³/mol. The van der Waals surface area contributed by atoms with E-state index in [1.165, 1.54) is 19.1 Å². The van der Waals surface area contributed by atoms with Crippen LogP contribution >= 0.6 is 0 Å². The molecule has 2 aromatic carbocycles. The molecule has 0 radical (unpaired) electrons. The first-order valence-electron chi connectivity index (χ1n) is 8.48. The van der Waals surface area contributed by atoms with Gasteiger partial charge >= 0.3 is 0 Å². The minimum absolute atomic E-state index is 0.00961. The fourth-order valence-electron chi connectivity index (χ4n) is 2.43. The van der Waals surface area contributed by atoms with Gasteiger partial charge in [0.25, 0.3) is 5.91 Å². The molecule has 0 saturated carbocycles. The van der Waals surface area contributed by atoms with Gasteiger partial charge in [-0.05, 0) is 36.4 Å². The average molecular weight is 422 g/mol. The topological polar surface area (TPSA) is 80.6 Å². The molecule has 0 aliphatic heterocycles. The maximum Gasteiger partial charge on any atom is 0.291 e. The highest BCUT2D eigenvalue weighted by Crippen LogP contribution is 2.27. The molecule has 0 saturated heterocycles. The standard InChI is InChI=1S/C20H14F4N2O4/c1-10(27)25-11-2-4-12(5-3-11)26-20(28)16-7-6-13(30-16)9-29-19-17(23)14(21)8-15(22)18(19)24/h2-8H,9H2,1H3,(H,25,27)(H,26,28).